The van der Waals surface area contributed by atoms with Crippen LogP contribution in [0.4, 0.5) is 4.79 Å². The van der Waals surface area contributed by atoms with Crippen LogP contribution in [0.2, 0.25) is 0 Å². The Labute approximate surface area is 195 Å². The van der Waals surface area contributed by atoms with E-state index in [4.69, 9.17) is 9.72 Å². The second-order valence-corrected chi connectivity index (χ2v) is 13.8. The minimum absolute atomic E-state index is 0.172. The van der Waals surface area contributed by atoms with Crippen molar-refractivity contribution in [1.29, 1.82) is 0 Å². The van der Waals surface area contributed by atoms with Crippen LogP contribution < -0.4 is 0 Å². The van der Waals surface area contributed by atoms with Crippen molar-refractivity contribution in [3.05, 3.63) is 16.1 Å². The Kier molecular flexibility index (Phi) is 6.09. The van der Waals surface area contributed by atoms with Crippen LogP contribution in [0.15, 0.2) is 5.38 Å². The number of piperidine rings is 1. The van der Waals surface area contributed by atoms with Crippen LogP contribution in [0.5, 0.6) is 0 Å². The van der Waals surface area contributed by atoms with Gasteiger partial charge in [0.15, 0.2) is 0 Å². The molecule has 172 valence electrons. The van der Waals surface area contributed by atoms with Crippen molar-refractivity contribution in [2.75, 3.05) is 13.1 Å². The molecule has 4 nitrogen and oxygen atoms in total. The third-order valence-corrected chi connectivity index (χ3v) is 10.8. The number of hydrogen-bond acceptors (Lipinski definition) is 5. The quantitative estimate of drug-likeness (QED) is 0.491. The number of rotatable bonds is 4. The van der Waals surface area contributed by atoms with Crippen molar-refractivity contribution >= 4 is 29.2 Å². The number of carbonyl (C=O) groups excluding carboxylic acids is 1. The summed E-state index contributed by atoms with van der Waals surface area (Å²) >= 11 is 4.10. The number of ether oxygens (including phenoxy) is 1. The molecule has 3 aliphatic carbocycles. The average molecular weight is 463 g/mol. The molecule has 31 heavy (non-hydrogen) atoms. The van der Waals surface area contributed by atoms with E-state index >= 15 is 0 Å². The van der Waals surface area contributed by atoms with Crippen molar-refractivity contribution < 1.29 is 9.53 Å². The lowest BCUT2D eigenvalue weighted by molar-refractivity contribution is 0.0205. The van der Waals surface area contributed by atoms with E-state index in [-0.39, 0.29) is 6.09 Å². The van der Waals surface area contributed by atoms with Crippen LogP contribution >= 0.6 is 23.1 Å². The van der Waals surface area contributed by atoms with E-state index in [1.165, 1.54) is 55.6 Å². The van der Waals surface area contributed by atoms with E-state index in [0.717, 1.165) is 49.4 Å². The maximum absolute atomic E-state index is 12.3. The van der Waals surface area contributed by atoms with Crippen molar-refractivity contribution in [2.24, 2.45) is 17.8 Å². The highest BCUT2D eigenvalue weighted by Gasteiger charge is 2.52. The van der Waals surface area contributed by atoms with E-state index in [0.29, 0.717) is 10.7 Å². The van der Waals surface area contributed by atoms with Crippen LogP contribution in [0.3, 0.4) is 0 Å². The van der Waals surface area contributed by atoms with Gasteiger partial charge in [-0.15, -0.1) is 23.1 Å². The van der Waals surface area contributed by atoms with E-state index in [9.17, 15) is 4.79 Å². The zero-order chi connectivity index (χ0) is 21.6. The second kappa shape index (κ2) is 8.55. The Bertz CT molecular complexity index is 796. The largest absolute Gasteiger partial charge is 0.444 e. The first-order valence-corrected chi connectivity index (χ1v) is 14.2. The number of thioether (sulfide) groups is 1. The highest BCUT2D eigenvalue weighted by atomic mass is 32.2. The summed E-state index contributed by atoms with van der Waals surface area (Å²) in [7, 11) is 0. The third-order valence-electron chi connectivity index (χ3n) is 8.07. The van der Waals surface area contributed by atoms with E-state index < -0.39 is 5.60 Å². The third kappa shape index (κ3) is 4.80. The van der Waals surface area contributed by atoms with E-state index in [2.05, 4.69) is 17.1 Å². The number of likely N-dealkylation sites (tertiary alicyclic amines) is 1. The Morgan fingerprint density at radius 2 is 2.00 bits per heavy atom. The van der Waals surface area contributed by atoms with Gasteiger partial charge < -0.3 is 9.64 Å². The molecule has 6 heteroatoms. The van der Waals surface area contributed by atoms with Gasteiger partial charge in [-0.05, 0) is 83.5 Å². The maximum atomic E-state index is 12.3. The molecular formula is C25H38N2O2S2. The monoisotopic (exact) mass is 462 g/mol. The summed E-state index contributed by atoms with van der Waals surface area (Å²) < 4.78 is 6.09. The lowest BCUT2D eigenvalue weighted by atomic mass is 9.80. The first kappa shape index (κ1) is 22.1. The number of hydrogen-bond donors (Lipinski definition) is 0. The van der Waals surface area contributed by atoms with Gasteiger partial charge >= 0.3 is 6.09 Å². The molecule has 4 atom stereocenters. The predicted octanol–water partition coefficient (Wildman–Crippen LogP) is 6.85. The molecule has 4 aliphatic rings. The molecule has 3 saturated carbocycles. The summed E-state index contributed by atoms with van der Waals surface area (Å²) in [5.41, 5.74) is 0.863. The number of amides is 1. The minimum Gasteiger partial charge on any atom is -0.444 e. The van der Waals surface area contributed by atoms with E-state index in [1.807, 2.05) is 37.0 Å². The zero-order valence-electron chi connectivity index (χ0n) is 19.4. The van der Waals surface area contributed by atoms with Gasteiger partial charge in [0, 0.05) is 34.9 Å². The molecule has 0 N–H and O–H groups in total. The molecule has 0 radical (unpaired) electrons. The summed E-state index contributed by atoms with van der Waals surface area (Å²) in [4.78, 5) is 19.3. The van der Waals surface area contributed by atoms with Crippen LogP contribution in [0.25, 0.3) is 0 Å². The zero-order valence-corrected chi connectivity index (χ0v) is 21.0. The summed E-state index contributed by atoms with van der Waals surface area (Å²) in [5.74, 6) is 4.59. The molecule has 4 fully saturated rings. The predicted molar refractivity (Wildman–Crippen MR) is 129 cm³/mol. The highest BCUT2D eigenvalue weighted by molar-refractivity contribution is 7.99. The van der Waals surface area contributed by atoms with Crippen LogP contribution in [-0.4, -0.2) is 39.4 Å². The molecular weight excluding hydrogens is 424 g/mol. The number of carbonyl (C=O) groups is 1. The van der Waals surface area contributed by atoms with Crippen molar-refractivity contribution in [3.63, 3.8) is 0 Å². The van der Waals surface area contributed by atoms with Gasteiger partial charge in [0.1, 0.15) is 5.60 Å². The number of aromatic nitrogens is 1. The molecule has 1 aromatic rings. The van der Waals surface area contributed by atoms with Crippen molar-refractivity contribution in [3.8, 4) is 0 Å². The highest BCUT2D eigenvalue weighted by Crippen LogP contribution is 2.61. The fourth-order valence-corrected chi connectivity index (χ4v) is 9.48. The average Bonchev–Trinajstić information content (AvgIpc) is 3.24. The SMILES string of the molecule is CC(C)(C)OC(=O)N1CCC(c2nc(CSC34CCCC5CC(CC3C5)C4)cs2)CC1. The van der Waals surface area contributed by atoms with Crippen LogP contribution in [0, 0.1) is 17.8 Å². The lowest BCUT2D eigenvalue weighted by Gasteiger charge is -2.34. The Hall–Kier alpha value is -0.750. The smallest absolute Gasteiger partial charge is 0.410 e. The van der Waals surface area contributed by atoms with Gasteiger partial charge in [-0.3, -0.25) is 0 Å². The first-order valence-electron chi connectivity index (χ1n) is 12.4. The lowest BCUT2D eigenvalue weighted by Crippen LogP contribution is -2.41. The Morgan fingerprint density at radius 3 is 2.77 bits per heavy atom. The van der Waals surface area contributed by atoms with Gasteiger partial charge in [0.05, 0.1) is 10.7 Å². The first-order chi connectivity index (χ1) is 14.8. The van der Waals surface area contributed by atoms with Gasteiger partial charge in [-0.1, -0.05) is 12.8 Å². The topological polar surface area (TPSA) is 42.4 Å². The molecule has 5 rings (SSSR count). The minimum atomic E-state index is -0.425. The van der Waals surface area contributed by atoms with Gasteiger partial charge in [0.25, 0.3) is 0 Å². The molecule has 0 spiro atoms. The maximum Gasteiger partial charge on any atom is 0.410 e. The number of nitrogens with zero attached hydrogens (tertiary/aromatic N) is 2. The molecule has 1 aliphatic heterocycles. The van der Waals surface area contributed by atoms with Gasteiger partial charge in [0.2, 0.25) is 0 Å². The molecule has 1 saturated heterocycles. The summed E-state index contributed by atoms with van der Waals surface area (Å²) in [6.07, 6.45) is 12.2. The molecule has 2 heterocycles. The van der Waals surface area contributed by atoms with Crippen molar-refractivity contribution in [2.45, 2.75) is 101 Å². The standard InChI is InChI=1S/C25H38N2O2S2/c1-24(2,3)29-23(28)27-9-6-19(7-10-27)22-26-21(15-30-22)16-31-25-8-4-5-17-11-18(14-25)13-20(25)12-17/h15,17-20H,4-14,16H2,1-3H3. The normalized spacial score (nSPS) is 33.5. The molecule has 1 aromatic heterocycles. The van der Waals surface area contributed by atoms with Crippen molar-refractivity contribution in [1.82, 2.24) is 9.88 Å². The van der Waals surface area contributed by atoms with Gasteiger partial charge in [-0.25, -0.2) is 9.78 Å². The molecule has 3 bridgehead atoms. The summed E-state index contributed by atoms with van der Waals surface area (Å²) in [5, 5.41) is 3.59. The van der Waals surface area contributed by atoms with Crippen LogP contribution in [-0.2, 0) is 10.5 Å². The number of fused-ring (bicyclic) bond motifs is 2. The second-order valence-electron chi connectivity index (χ2n) is 11.5. The molecule has 0 aromatic carbocycles. The summed E-state index contributed by atoms with van der Waals surface area (Å²) in [6, 6.07) is 0. The van der Waals surface area contributed by atoms with Crippen LogP contribution in [0.1, 0.15) is 95.2 Å². The van der Waals surface area contributed by atoms with Gasteiger partial charge in [-0.2, -0.15) is 0 Å². The fraction of sp³-hybridized carbons (Fsp3) is 0.840. The van der Waals surface area contributed by atoms with E-state index in [1.54, 1.807) is 0 Å². The fourth-order valence-electron chi connectivity index (χ4n) is 6.73. The number of thiazole rings is 1. The Balaban J connectivity index is 1.15. The molecule has 4 unspecified atom stereocenters. The molecule has 1 amide bonds. The summed E-state index contributed by atoms with van der Waals surface area (Å²) in [6.45, 7) is 7.33. The Morgan fingerprint density at radius 1 is 1.23 bits per heavy atom.